The summed E-state index contributed by atoms with van der Waals surface area (Å²) in [7, 11) is 0. The molecular weight excluding hydrogens is 218 g/mol. The van der Waals surface area contributed by atoms with Crippen LogP contribution in [-0.2, 0) is 0 Å². The van der Waals surface area contributed by atoms with Crippen LogP contribution in [0, 0.1) is 0 Å². The van der Waals surface area contributed by atoms with E-state index in [1.165, 1.54) is 0 Å². The monoisotopic (exact) mass is 235 g/mol. The second kappa shape index (κ2) is 4.50. The minimum absolute atomic E-state index is 0.0629. The molecule has 0 spiro atoms. The molecule has 86 valence electrons. The molecule has 1 heterocycles. The maximum Gasteiger partial charge on any atom is 0.253 e. The highest BCUT2D eigenvalue weighted by Crippen LogP contribution is 2.39. The first-order valence-corrected chi connectivity index (χ1v) is 6.57. The van der Waals surface area contributed by atoms with Crippen molar-refractivity contribution in [3.05, 3.63) is 29.8 Å². The molecule has 1 atom stereocenters. The first-order chi connectivity index (χ1) is 7.64. The number of thioether (sulfide) groups is 1. The van der Waals surface area contributed by atoms with E-state index >= 15 is 0 Å². The summed E-state index contributed by atoms with van der Waals surface area (Å²) in [4.78, 5) is 12.9. The zero-order valence-electron chi connectivity index (χ0n) is 9.75. The Bertz CT molecular complexity index is 405. The molecule has 1 aromatic carbocycles. The molecule has 1 N–H and O–H groups in total. The number of nitrogens with one attached hydrogen (secondary N) is 1. The van der Waals surface area contributed by atoms with Crippen molar-refractivity contribution < 1.29 is 4.79 Å². The summed E-state index contributed by atoms with van der Waals surface area (Å²) in [6, 6.07) is 7.82. The average Bonchev–Trinajstić information content (AvgIpc) is 2.26. The van der Waals surface area contributed by atoms with Crippen LogP contribution in [0.25, 0.3) is 0 Å². The summed E-state index contributed by atoms with van der Waals surface area (Å²) in [6.45, 7) is 4.29. The molecule has 3 heteroatoms. The lowest BCUT2D eigenvalue weighted by Crippen LogP contribution is -2.46. The largest absolute Gasteiger partial charge is 0.337 e. The molecule has 0 radical (unpaired) electrons. The second-order valence-electron chi connectivity index (χ2n) is 4.39. The van der Waals surface area contributed by atoms with Crippen LogP contribution in [0.15, 0.2) is 29.2 Å². The number of unbranched alkanes of at least 4 members (excludes halogenated alkanes) is 1. The van der Waals surface area contributed by atoms with Gasteiger partial charge in [0, 0.05) is 4.90 Å². The highest BCUT2D eigenvalue weighted by atomic mass is 32.2. The molecule has 1 unspecified atom stereocenters. The van der Waals surface area contributed by atoms with Gasteiger partial charge in [-0.25, -0.2) is 0 Å². The van der Waals surface area contributed by atoms with Gasteiger partial charge in [-0.2, -0.15) is 0 Å². The molecule has 0 saturated heterocycles. The SMILES string of the molecule is CCCCC1(C)NC(=O)c2ccccc2S1. The van der Waals surface area contributed by atoms with Gasteiger partial charge in [0.1, 0.15) is 0 Å². The van der Waals surface area contributed by atoms with Crippen molar-refractivity contribution in [2.75, 3.05) is 0 Å². The highest BCUT2D eigenvalue weighted by molar-refractivity contribution is 8.00. The lowest BCUT2D eigenvalue weighted by molar-refractivity contribution is 0.0922. The molecule has 1 aliphatic rings. The Hall–Kier alpha value is -0.960. The van der Waals surface area contributed by atoms with E-state index in [0.717, 1.165) is 29.7 Å². The quantitative estimate of drug-likeness (QED) is 0.869. The summed E-state index contributed by atoms with van der Waals surface area (Å²) < 4.78 is 0. The molecule has 1 amide bonds. The van der Waals surface area contributed by atoms with E-state index in [9.17, 15) is 4.79 Å². The van der Waals surface area contributed by atoms with Crippen molar-refractivity contribution in [1.82, 2.24) is 5.32 Å². The average molecular weight is 235 g/mol. The van der Waals surface area contributed by atoms with Gasteiger partial charge in [0.15, 0.2) is 0 Å². The van der Waals surface area contributed by atoms with Crippen molar-refractivity contribution in [3.8, 4) is 0 Å². The van der Waals surface area contributed by atoms with E-state index < -0.39 is 0 Å². The first kappa shape index (κ1) is 11.5. The van der Waals surface area contributed by atoms with Crippen molar-refractivity contribution in [2.45, 2.75) is 42.9 Å². The Morgan fingerprint density at radius 1 is 1.38 bits per heavy atom. The van der Waals surface area contributed by atoms with Crippen molar-refractivity contribution in [2.24, 2.45) is 0 Å². The van der Waals surface area contributed by atoms with E-state index in [0.29, 0.717) is 0 Å². The van der Waals surface area contributed by atoms with Gasteiger partial charge < -0.3 is 5.32 Å². The number of hydrogen-bond acceptors (Lipinski definition) is 2. The first-order valence-electron chi connectivity index (χ1n) is 5.75. The van der Waals surface area contributed by atoms with Crippen LogP contribution in [0.2, 0.25) is 0 Å². The third-order valence-electron chi connectivity index (χ3n) is 2.85. The zero-order valence-corrected chi connectivity index (χ0v) is 10.6. The summed E-state index contributed by atoms with van der Waals surface area (Å²) in [6.07, 6.45) is 3.33. The van der Waals surface area contributed by atoms with E-state index in [1.54, 1.807) is 11.8 Å². The third kappa shape index (κ3) is 2.24. The molecule has 0 fully saturated rings. The van der Waals surface area contributed by atoms with Crippen LogP contribution in [0.3, 0.4) is 0 Å². The minimum Gasteiger partial charge on any atom is -0.337 e. The maximum absolute atomic E-state index is 11.9. The van der Waals surface area contributed by atoms with E-state index in [-0.39, 0.29) is 10.8 Å². The summed E-state index contributed by atoms with van der Waals surface area (Å²) >= 11 is 1.77. The van der Waals surface area contributed by atoms with Crippen molar-refractivity contribution in [3.63, 3.8) is 0 Å². The van der Waals surface area contributed by atoms with Crippen LogP contribution in [0.5, 0.6) is 0 Å². The van der Waals surface area contributed by atoms with Gasteiger partial charge in [-0.05, 0) is 25.5 Å². The van der Waals surface area contributed by atoms with E-state index in [1.807, 2.05) is 24.3 Å². The van der Waals surface area contributed by atoms with Crippen LogP contribution >= 0.6 is 11.8 Å². The third-order valence-corrected chi connectivity index (χ3v) is 4.18. The molecule has 16 heavy (non-hydrogen) atoms. The molecule has 0 aromatic heterocycles. The van der Waals surface area contributed by atoms with Gasteiger partial charge in [0.2, 0.25) is 0 Å². The number of hydrogen-bond donors (Lipinski definition) is 1. The molecule has 0 saturated carbocycles. The zero-order chi connectivity index (χ0) is 11.6. The lowest BCUT2D eigenvalue weighted by atomic mass is 10.1. The molecule has 1 aliphatic heterocycles. The fourth-order valence-corrected chi connectivity index (χ4v) is 3.24. The smallest absolute Gasteiger partial charge is 0.253 e. The van der Waals surface area contributed by atoms with E-state index in [2.05, 4.69) is 19.2 Å². The predicted molar refractivity (Wildman–Crippen MR) is 67.7 cm³/mol. The van der Waals surface area contributed by atoms with Gasteiger partial charge >= 0.3 is 0 Å². The van der Waals surface area contributed by atoms with Crippen LogP contribution < -0.4 is 5.32 Å². The summed E-state index contributed by atoms with van der Waals surface area (Å²) in [5.74, 6) is 0.0629. The Morgan fingerprint density at radius 3 is 2.88 bits per heavy atom. The van der Waals surface area contributed by atoms with Crippen LogP contribution in [0.4, 0.5) is 0 Å². The van der Waals surface area contributed by atoms with E-state index in [4.69, 9.17) is 0 Å². The molecule has 0 bridgehead atoms. The summed E-state index contributed by atoms with van der Waals surface area (Å²) in [5, 5.41) is 3.11. The van der Waals surface area contributed by atoms with Crippen molar-refractivity contribution in [1.29, 1.82) is 0 Å². The summed E-state index contributed by atoms with van der Waals surface area (Å²) in [5.41, 5.74) is 0.807. The molecule has 0 aliphatic carbocycles. The Morgan fingerprint density at radius 2 is 2.12 bits per heavy atom. The minimum atomic E-state index is -0.137. The molecular formula is C13H17NOS. The number of benzene rings is 1. The fraction of sp³-hybridized carbons (Fsp3) is 0.462. The molecule has 2 rings (SSSR count). The molecule has 2 nitrogen and oxygen atoms in total. The number of fused-ring (bicyclic) bond motifs is 1. The normalized spacial score (nSPS) is 23.8. The standard InChI is InChI=1S/C13H17NOS/c1-3-4-9-13(2)14-12(15)10-7-5-6-8-11(10)16-13/h5-8H,3-4,9H2,1-2H3,(H,14,15). The second-order valence-corrected chi connectivity index (χ2v) is 5.93. The van der Waals surface area contributed by atoms with Crippen LogP contribution in [0.1, 0.15) is 43.5 Å². The number of carbonyl (C=O) groups is 1. The molecule has 1 aromatic rings. The Kier molecular flexibility index (Phi) is 3.24. The number of carbonyl (C=O) groups excluding carboxylic acids is 1. The predicted octanol–water partition coefficient (Wildman–Crippen LogP) is 3.43. The van der Waals surface area contributed by atoms with Gasteiger partial charge in [-0.1, -0.05) is 43.7 Å². The fourth-order valence-electron chi connectivity index (χ4n) is 1.95. The lowest BCUT2D eigenvalue weighted by Gasteiger charge is -2.35. The van der Waals surface area contributed by atoms with Gasteiger partial charge in [0.25, 0.3) is 5.91 Å². The van der Waals surface area contributed by atoms with Crippen LogP contribution in [-0.4, -0.2) is 10.8 Å². The number of amides is 1. The van der Waals surface area contributed by atoms with Gasteiger partial charge in [0.05, 0.1) is 10.4 Å². The highest BCUT2D eigenvalue weighted by Gasteiger charge is 2.33. The Labute approximate surface area is 101 Å². The number of rotatable bonds is 3. The maximum atomic E-state index is 11.9. The van der Waals surface area contributed by atoms with Gasteiger partial charge in [-0.15, -0.1) is 0 Å². The van der Waals surface area contributed by atoms with Gasteiger partial charge in [-0.3, -0.25) is 4.79 Å². The Balaban J connectivity index is 2.23. The topological polar surface area (TPSA) is 29.1 Å². The van der Waals surface area contributed by atoms with Crippen molar-refractivity contribution >= 4 is 17.7 Å².